The summed E-state index contributed by atoms with van der Waals surface area (Å²) in [6.07, 6.45) is -0.189. The third kappa shape index (κ3) is 4.00. The first-order chi connectivity index (χ1) is 17.0. The number of rotatable bonds is 7. The van der Waals surface area contributed by atoms with Gasteiger partial charge in [0.15, 0.2) is 6.10 Å². The molecule has 9 heteroatoms. The molecule has 2 aliphatic rings. The van der Waals surface area contributed by atoms with Gasteiger partial charge in [-0.15, -0.1) is 0 Å². The molecule has 5 rings (SSSR count). The predicted octanol–water partition coefficient (Wildman–Crippen LogP) is 4.43. The molecule has 2 amide bonds. The van der Waals surface area contributed by atoms with Crippen LogP contribution in [0.2, 0.25) is 0 Å². The van der Waals surface area contributed by atoms with Crippen LogP contribution in [-0.2, 0) is 14.4 Å². The number of anilines is 2. The summed E-state index contributed by atoms with van der Waals surface area (Å²) in [5, 5.41) is 12.9. The molecular formula is C26H23N3O6. The summed E-state index contributed by atoms with van der Waals surface area (Å²) in [7, 11) is 0. The molecule has 0 aliphatic carbocycles. The monoisotopic (exact) mass is 473 g/mol. The minimum absolute atomic E-state index is 0.102. The topological polar surface area (TPSA) is 102 Å². The molecule has 178 valence electrons. The molecule has 0 saturated carbocycles. The highest BCUT2D eigenvalue weighted by Gasteiger charge is 2.60. The standard InChI is InChI=1S/C26H23N3O6/c1-2-15-34-21-13-11-18(12-14-21)27-25(30)22-23(17-7-6-10-20(16-17)29(32)33)28(35-24(22)26(27)31)19-8-4-3-5-9-19/h3-14,16,22-24H,2,15H2,1H3/t22-,23-,24+/m1/s1. The van der Waals surface area contributed by atoms with Crippen molar-refractivity contribution in [2.75, 3.05) is 16.6 Å². The summed E-state index contributed by atoms with van der Waals surface area (Å²) in [6, 6.07) is 21.2. The van der Waals surface area contributed by atoms with Crippen LogP contribution in [-0.4, -0.2) is 29.4 Å². The van der Waals surface area contributed by atoms with E-state index in [9.17, 15) is 19.7 Å². The van der Waals surface area contributed by atoms with E-state index in [4.69, 9.17) is 9.57 Å². The van der Waals surface area contributed by atoms with Gasteiger partial charge in [0, 0.05) is 12.1 Å². The maximum absolute atomic E-state index is 13.7. The Labute approximate surface area is 201 Å². The van der Waals surface area contributed by atoms with Gasteiger partial charge in [0.25, 0.3) is 11.6 Å². The number of fused-ring (bicyclic) bond motifs is 1. The molecule has 9 nitrogen and oxygen atoms in total. The van der Waals surface area contributed by atoms with E-state index in [2.05, 4.69) is 0 Å². The van der Waals surface area contributed by atoms with Gasteiger partial charge in [-0.2, -0.15) is 0 Å². The van der Waals surface area contributed by atoms with Gasteiger partial charge < -0.3 is 4.74 Å². The minimum atomic E-state index is -1.05. The Balaban J connectivity index is 1.52. The first-order valence-corrected chi connectivity index (χ1v) is 11.4. The highest BCUT2D eigenvalue weighted by molar-refractivity contribution is 6.23. The van der Waals surface area contributed by atoms with Gasteiger partial charge in [-0.1, -0.05) is 37.3 Å². The number of nitro groups is 1. The number of hydrogen-bond donors (Lipinski definition) is 0. The Morgan fingerprint density at radius 3 is 2.37 bits per heavy atom. The van der Waals surface area contributed by atoms with Crippen molar-refractivity contribution in [1.29, 1.82) is 0 Å². The smallest absolute Gasteiger partial charge is 0.269 e. The molecule has 3 aromatic rings. The molecule has 2 heterocycles. The number of ether oxygens (including phenoxy) is 1. The summed E-state index contributed by atoms with van der Waals surface area (Å²) in [4.78, 5) is 45.2. The van der Waals surface area contributed by atoms with Crippen LogP contribution in [0.4, 0.5) is 17.1 Å². The first-order valence-electron chi connectivity index (χ1n) is 11.4. The molecule has 0 bridgehead atoms. The van der Waals surface area contributed by atoms with Crippen molar-refractivity contribution in [1.82, 2.24) is 0 Å². The largest absolute Gasteiger partial charge is 0.494 e. The van der Waals surface area contributed by atoms with Gasteiger partial charge in [-0.3, -0.25) is 24.5 Å². The lowest BCUT2D eigenvalue weighted by molar-refractivity contribution is -0.384. The van der Waals surface area contributed by atoms with Crippen molar-refractivity contribution < 1.29 is 24.1 Å². The Hall–Kier alpha value is -4.24. The van der Waals surface area contributed by atoms with E-state index in [0.29, 0.717) is 29.3 Å². The summed E-state index contributed by atoms with van der Waals surface area (Å²) in [5.41, 5.74) is 1.48. The molecule has 3 atom stereocenters. The fourth-order valence-corrected chi connectivity index (χ4v) is 4.54. The first kappa shape index (κ1) is 22.5. The third-order valence-corrected chi connectivity index (χ3v) is 6.12. The van der Waals surface area contributed by atoms with Gasteiger partial charge in [-0.05, 0) is 48.4 Å². The molecule has 2 saturated heterocycles. The predicted molar refractivity (Wildman–Crippen MR) is 128 cm³/mol. The maximum Gasteiger partial charge on any atom is 0.269 e. The Kier molecular flexibility index (Phi) is 5.92. The number of nitrogens with zero attached hydrogens (tertiary/aromatic N) is 3. The lowest BCUT2D eigenvalue weighted by Crippen LogP contribution is -2.37. The average molecular weight is 473 g/mol. The van der Waals surface area contributed by atoms with Crippen LogP contribution < -0.4 is 14.7 Å². The van der Waals surface area contributed by atoms with Crippen LogP contribution in [0.5, 0.6) is 5.75 Å². The molecule has 0 radical (unpaired) electrons. The van der Waals surface area contributed by atoms with Crippen LogP contribution in [0.1, 0.15) is 24.9 Å². The molecular weight excluding hydrogens is 450 g/mol. The van der Waals surface area contributed by atoms with Crippen molar-refractivity contribution in [3.05, 3.63) is 94.5 Å². The summed E-state index contributed by atoms with van der Waals surface area (Å²) in [6.45, 7) is 2.57. The van der Waals surface area contributed by atoms with E-state index in [1.54, 1.807) is 48.5 Å². The Morgan fingerprint density at radius 1 is 0.943 bits per heavy atom. The van der Waals surface area contributed by atoms with Gasteiger partial charge >= 0.3 is 0 Å². The maximum atomic E-state index is 13.7. The second kappa shape index (κ2) is 9.19. The normalized spacial score (nSPS) is 21.3. The number of carbonyl (C=O) groups is 2. The molecule has 35 heavy (non-hydrogen) atoms. The molecule has 0 unspecified atom stereocenters. The number of carbonyl (C=O) groups excluding carboxylic acids is 2. The molecule has 0 spiro atoms. The number of hydroxylamine groups is 1. The SMILES string of the molecule is CCCOc1ccc(N2C(=O)[C@H]3[C@H](ON(c4ccccc4)[C@@H]3c3cccc([N+](=O)[O-])c3)C2=O)cc1. The molecule has 2 fully saturated rings. The second-order valence-electron chi connectivity index (χ2n) is 8.36. The highest BCUT2D eigenvalue weighted by Crippen LogP contribution is 2.48. The van der Waals surface area contributed by atoms with Crippen LogP contribution in [0.3, 0.4) is 0 Å². The van der Waals surface area contributed by atoms with Crippen molar-refractivity contribution in [2.45, 2.75) is 25.5 Å². The van der Waals surface area contributed by atoms with Gasteiger partial charge in [0.1, 0.15) is 11.7 Å². The quantitative estimate of drug-likeness (QED) is 0.284. The number of imide groups is 1. The van der Waals surface area contributed by atoms with Gasteiger partial charge in [0.05, 0.1) is 28.9 Å². The van der Waals surface area contributed by atoms with E-state index in [-0.39, 0.29) is 5.69 Å². The van der Waals surface area contributed by atoms with Crippen molar-refractivity contribution in [3.63, 3.8) is 0 Å². The van der Waals surface area contributed by atoms with E-state index < -0.39 is 34.8 Å². The van der Waals surface area contributed by atoms with Crippen molar-refractivity contribution >= 4 is 28.9 Å². The van der Waals surface area contributed by atoms with E-state index in [1.807, 2.05) is 25.1 Å². The summed E-state index contributed by atoms with van der Waals surface area (Å²) < 4.78 is 5.59. The minimum Gasteiger partial charge on any atom is -0.494 e. The number of non-ortho nitro benzene ring substituents is 1. The zero-order valence-electron chi connectivity index (χ0n) is 18.9. The fraction of sp³-hybridized carbons (Fsp3) is 0.231. The summed E-state index contributed by atoms with van der Waals surface area (Å²) >= 11 is 0. The lowest BCUT2D eigenvalue weighted by atomic mass is 9.90. The summed E-state index contributed by atoms with van der Waals surface area (Å²) in [5.74, 6) is -1.12. The molecule has 2 aliphatic heterocycles. The van der Waals surface area contributed by atoms with Crippen LogP contribution in [0.15, 0.2) is 78.9 Å². The third-order valence-electron chi connectivity index (χ3n) is 6.12. The number of amides is 2. The zero-order chi connectivity index (χ0) is 24.5. The van der Waals surface area contributed by atoms with E-state index in [0.717, 1.165) is 11.3 Å². The van der Waals surface area contributed by atoms with Crippen molar-refractivity contribution in [2.24, 2.45) is 5.92 Å². The van der Waals surface area contributed by atoms with Crippen molar-refractivity contribution in [3.8, 4) is 5.75 Å². The fourth-order valence-electron chi connectivity index (χ4n) is 4.54. The Bertz CT molecular complexity index is 1260. The molecule has 0 N–H and O–H groups in total. The average Bonchev–Trinajstić information content (AvgIpc) is 3.39. The number of benzene rings is 3. The molecule has 3 aromatic carbocycles. The molecule has 0 aromatic heterocycles. The number of nitro benzene ring substituents is 1. The van der Waals surface area contributed by atoms with Gasteiger partial charge in [-0.25, -0.2) is 9.96 Å². The lowest BCUT2D eigenvalue weighted by Gasteiger charge is -2.28. The Morgan fingerprint density at radius 2 is 1.69 bits per heavy atom. The number of hydrogen-bond acceptors (Lipinski definition) is 7. The number of para-hydroxylation sites is 1. The van der Waals surface area contributed by atoms with E-state index >= 15 is 0 Å². The van der Waals surface area contributed by atoms with Crippen LogP contribution in [0.25, 0.3) is 0 Å². The van der Waals surface area contributed by atoms with Crippen LogP contribution >= 0.6 is 0 Å². The van der Waals surface area contributed by atoms with Crippen LogP contribution in [0, 0.1) is 16.0 Å². The second-order valence-corrected chi connectivity index (χ2v) is 8.36. The zero-order valence-corrected chi connectivity index (χ0v) is 18.9. The van der Waals surface area contributed by atoms with Gasteiger partial charge in [0.2, 0.25) is 5.91 Å². The highest BCUT2D eigenvalue weighted by atomic mass is 16.7. The van der Waals surface area contributed by atoms with E-state index in [1.165, 1.54) is 17.2 Å².